The van der Waals surface area contributed by atoms with Crippen molar-refractivity contribution in [1.82, 2.24) is 0 Å². The zero-order valence-corrected chi connectivity index (χ0v) is 38.2. The Labute approximate surface area is 405 Å². The van der Waals surface area contributed by atoms with Gasteiger partial charge < -0.3 is 0 Å². The number of hydrogen-bond acceptors (Lipinski definition) is 0. The SMILES string of the molecule is c1ccc(-c2ccccc2-c2ccc3cc4c5c(-c6ccccc6)c6c(cc7c8ccc(-c9ccccc9-c9ccccc9)cc8c8cccc6c87)c(-c6ccccc6)c5c5cccc(c3c2)c54)cc1. The lowest BCUT2D eigenvalue weighted by molar-refractivity contribution is 1.60. The van der Waals surface area contributed by atoms with E-state index < -0.39 is 0 Å². The molecule has 0 heteroatoms. The van der Waals surface area contributed by atoms with Gasteiger partial charge in [-0.25, -0.2) is 0 Å². The van der Waals surface area contributed by atoms with Crippen molar-refractivity contribution < 1.29 is 0 Å². The molecule has 0 fully saturated rings. The van der Waals surface area contributed by atoms with Gasteiger partial charge >= 0.3 is 0 Å². The Morgan fingerprint density at radius 3 is 1.17 bits per heavy atom. The molecule has 15 rings (SSSR count). The fraction of sp³-hybridized carbons (Fsp3) is 0. The molecular weight excluding hydrogens is 841 g/mol. The molecule has 0 spiro atoms. The van der Waals surface area contributed by atoms with Gasteiger partial charge in [-0.2, -0.15) is 0 Å². The van der Waals surface area contributed by atoms with Crippen LogP contribution in [0.2, 0.25) is 0 Å². The van der Waals surface area contributed by atoms with Crippen LogP contribution in [-0.2, 0) is 0 Å². The third-order valence-electron chi connectivity index (χ3n) is 15.3. The summed E-state index contributed by atoms with van der Waals surface area (Å²) in [6.45, 7) is 0. The topological polar surface area (TPSA) is 0 Å². The summed E-state index contributed by atoms with van der Waals surface area (Å²) in [5.41, 5.74) is 14.9. The van der Waals surface area contributed by atoms with Gasteiger partial charge in [0.05, 0.1) is 0 Å². The Bertz CT molecular complexity index is 4440. The molecule has 0 nitrogen and oxygen atoms in total. The summed E-state index contributed by atoms with van der Waals surface area (Å²) >= 11 is 0. The minimum Gasteiger partial charge on any atom is -0.0622 e. The number of hydrogen-bond donors (Lipinski definition) is 0. The van der Waals surface area contributed by atoms with Crippen LogP contribution in [0.4, 0.5) is 0 Å². The van der Waals surface area contributed by atoms with E-state index in [1.807, 2.05) is 0 Å². The molecule has 0 heterocycles. The van der Waals surface area contributed by atoms with Crippen LogP contribution in [0.5, 0.6) is 0 Å². The van der Waals surface area contributed by atoms with Crippen molar-refractivity contribution >= 4 is 86.2 Å². The molecule has 15 aromatic rings. The first-order valence-corrected chi connectivity index (χ1v) is 24.4. The number of rotatable bonds is 6. The molecule has 0 unspecified atom stereocenters. The molecule has 70 heavy (non-hydrogen) atoms. The highest BCUT2D eigenvalue weighted by atomic mass is 14.3. The molecule has 0 aliphatic heterocycles. The molecule has 0 amide bonds. The zero-order chi connectivity index (χ0) is 45.9. The van der Waals surface area contributed by atoms with Gasteiger partial charge in [-0.1, -0.05) is 231 Å². The van der Waals surface area contributed by atoms with Crippen LogP contribution in [0.1, 0.15) is 0 Å². The van der Waals surface area contributed by atoms with Crippen molar-refractivity contribution in [2.45, 2.75) is 0 Å². The van der Waals surface area contributed by atoms with Crippen LogP contribution in [0, 0.1) is 0 Å². The van der Waals surface area contributed by atoms with E-state index >= 15 is 0 Å². The van der Waals surface area contributed by atoms with Gasteiger partial charge in [0, 0.05) is 0 Å². The van der Waals surface area contributed by atoms with Crippen molar-refractivity contribution in [3.05, 3.63) is 255 Å². The lowest BCUT2D eigenvalue weighted by atomic mass is 9.84. The molecule has 0 saturated carbocycles. The molecule has 15 aromatic carbocycles. The van der Waals surface area contributed by atoms with Gasteiger partial charge in [0.25, 0.3) is 0 Å². The maximum atomic E-state index is 2.55. The monoisotopic (exact) mass is 882 g/mol. The van der Waals surface area contributed by atoms with Crippen LogP contribution in [-0.4, -0.2) is 0 Å². The van der Waals surface area contributed by atoms with E-state index in [2.05, 4.69) is 255 Å². The molecule has 0 radical (unpaired) electrons. The second-order valence-corrected chi connectivity index (χ2v) is 19.0. The molecule has 0 N–H and O–H groups in total. The number of fused-ring (bicyclic) bond motifs is 10. The van der Waals surface area contributed by atoms with Gasteiger partial charge in [0.1, 0.15) is 0 Å². The van der Waals surface area contributed by atoms with Gasteiger partial charge in [0.15, 0.2) is 0 Å². The molecule has 0 aliphatic carbocycles. The lowest BCUT2D eigenvalue weighted by Gasteiger charge is -2.19. The molecule has 0 atom stereocenters. The Hall–Kier alpha value is -9.10. The van der Waals surface area contributed by atoms with E-state index in [4.69, 9.17) is 0 Å². The minimum absolute atomic E-state index is 1.22. The Kier molecular flexibility index (Phi) is 8.46. The summed E-state index contributed by atoms with van der Waals surface area (Å²) in [6, 6.07) is 95.0. The average Bonchev–Trinajstić information content (AvgIpc) is 3.94. The highest BCUT2D eigenvalue weighted by molar-refractivity contribution is 6.46. The van der Waals surface area contributed by atoms with Crippen molar-refractivity contribution in [2.24, 2.45) is 0 Å². The summed E-state index contributed by atoms with van der Waals surface area (Å²) in [7, 11) is 0. The third-order valence-corrected chi connectivity index (χ3v) is 15.3. The largest absolute Gasteiger partial charge is 0.0622 e. The summed E-state index contributed by atoms with van der Waals surface area (Å²) in [5.74, 6) is 0. The Morgan fingerprint density at radius 1 is 0.157 bits per heavy atom. The highest BCUT2D eigenvalue weighted by Crippen LogP contribution is 2.55. The van der Waals surface area contributed by atoms with Gasteiger partial charge in [-0.15, -0.1) is 0 Å². The van der Waals surface area contributed by atoms with Crippen molar-refractivity contribution in [3.8, 4) is 66.8 Å². The Balaban J connectivity index is 1.07. The van der Waals surface area contributed by atoms with Crippen LogP contribution >= 0.6 is 0 Å². The molecule has 0 aliphatic rings. The van der Waals surface area contributed by atoms with Crippen LogP contribution in [0.3, 0.4) is 0 Å². The van der Waals surface area contributed by atoms with E-state index in [-0.39, 0.29) is 0 Å². The standard InChI is InChI=1S/C70H42/c1-5-19-43(20-6-1)50-27-13-15-29-52(50)47-35-36-49-41-62-67-55(59(49)39-47)31-17-34-58(67)69-64(45-23-9-3-10-24-45)63-42-61-54-38-37-48(53-30-16-14-28-51(53)44-21-7-2-8-22-44)40-60(54)56-32-18-33-57(66(56)61)68(63)65(70(62)69)46-25-11-4-12-26-46/h1-42H. The first-order valence-electron chi connectivity index (χ1n) is 24.4. The smallest absolute Gasteiger partial charge is 0.000697 e. The van der Waals surface area contributed by atoms with E-state index in [0.29, 0.717) is 0 Å². The third kappa shape index (κ3) is 5.65. The van der Waals surface area contributed by atoms with Gasteiger partial charge in [0.2, 0.25) is 0 Å². The van der Waals surface area contributed by atoms with Crippen molar-refractivity contribution in [3.63, 3.8) is 0 Å². The summed E-state index contributed by atoms with van der Waals surface area (Å²) in [4.78, 5) is 0. The maximum Gasteiger partial charge on any atom is -0.000697 e. The van der Waals surface area contributed by atoms with Crippen molar-refractivity contribution in [1.29, 1.82) is 0 Å². The summed E-state index contributed by atoms with van der Waals surface area (Å²) in [5, 5.41) is 20.8. The van der Waals surface area contributed by atoms with Crippen molar-refractivity contribution in [2.75, 3.05) is 0 Å². The molecule has 322 valence electrons. The maximum absolute atomic E-state index is 2.55. The minimum atomic E-state index is 1.22. The van der Waals surface area contributed by atoms with Crippen LogP contribution < -0.4 is 0 Å². The molecule has 0 aromatic heterocycles. The first-order chi connectivity index (χ1) is 34.8. The normalized spacial score (nSPS) is 12.0. The Morgan fingerprint density at radius 2 is 0.586 bits per heavy atom. The lowest BCUT2D eigenvalue weighted by Crippen LogP contribution is -1.91. The van der Waals surface area contributed by atoms with Crippen LogP contribution in [0.15, 0.2) is 255 Å². The highest BCUT2D eigenvalue weighted by Gasteiger charge is 2.27. The van der Waals surface area contributed by atoms with E-state index in [0.717, 1.165) is 0 Å². The van der Waals surface area contributed by atoms with Crippen LogP contribution in [0.25, 0.3) is 153 Å². The molecular formula is C70H42. The van der Waals surface area contributed by atoms with E-state index in [1.165, 1.54) is 153 Å². The fourth-order valence-electron chi connectivity index (χ4n) is 12.4. The zero-order valence-electron chi connectivity index (χ0n) is 38.2. The first kappa shape index (κ1) is 38.9. The predicted molar refractivity (Wildman–Crippen MR) is 301 cm³/mol. The second-order valence-electron chi connectivity index (χ2n) is 19.0. The second kappa shape index (κ2) is 15.2. The van der Waals surface area contributed by atoms with Gasteiger partial charge in [-0.05, 0) is 177 Å². The number of benzene rings is 13. The summed E-state index contributed by atoms with van der Waals surface area (Å²) < 4.78 is 0. The summed E-state index contributed by atoms with van der Waals surface area (Å²) in [6.07, 6.45) is 0. The van der Waals surface area contributed by atoms with Gasteiger partial charge in [-0.3, -0.25) is 0 Å². The predicted octanol–water partition coefficient (Wildman–Crippen LogP) is 19.8. The average molecular weight is 883 g/mol. The quantitative estimate of drug-likeness (QED) is 0.146. The van der Waals surface area contributed by atoms with E-state index in [1.54, 1.807) is 0 Å². The van der Waals surface area contributed by atoms with E-state index in [9.17, 15) is 0 Å². The molecule has 0 bridgehead atoms. The molecule has 0 saturated heterocycles. The fourth-order valence-corrected chi connectivity index (χ4v) is 12.4.